The van der Waals surface area contributed by atoms with Crippen molar-refractivity contribution in [1.82, 2.24) is 14.7 Å². The zero-order valence-electron chi connectivity index (χ0n) is 14.5. The van der Waals surface area contributed by atoms with Gasteiger partial charge in [-0.05, 0) is 45.6 Å². The molecule has 5 heteroatoms. The molecule has 1 aromatic carbocycles. The first kappa shape index (κ1) is 17.9. The second-order valence-electron chi connectivity index (χ2n) is 6.59. The van der Waals surface area contributed by atoms with Crippen molar-refractivity contribution in [1.29, 1.82) is 0 Å². The summed E-state index contributed by atoms with van der Waals surface area (Å²) in [4.78, 5) is 18.7. The summed E-state index contributed by atoms with van der Waals surface area (Å²) >= 11 is 0. The maximum Gasteiger partial charge on any atom is 0.255 e. The molecule has 5 nitrogen and oxygen atoms in total. The third-order valence-electron chi connectivity index (χ3n) is 4.82. The predicted octanol–water partition coefficient (Wildman–Crippen LogP) is 1.20. The molecule has 0 saturated carbocycles. The van der Waals surface area contributed by atoms with Gasteiger partial charge in [0.1, 0.15) is 0 Å². The van der Waals surface area contributed by atoms with Crippen LogP contribution in [-0.2, 0) is 4.79 Å². The Hall–Kier alpha value is -1.43. The topological polar surface area (TPSA) is 47.0 Å². The molecule has 1 saturated heterocycles. The molecular weight excluding hydrogens is 290 g/mol. The molecule has 1 fully saturated rings. The van der Waals surface area contributed by atoms with Gasteiger partial charge in [0.25, 0.3) is 5.91 Å². The fourth-order valence-electron chi connectivity index (χ4n) is 3.02. The van der Waals surface area contributed by atoms with Crippen molar-refractivity contribution in [3.63, 3.8) is 0 Å². The molecule has 1 unspecified atom stereocenters. The van der Waals surface area contributed by atoms with E-state index >= 15 is 0 Å². The Kier molecular flexibility index (Phi) is 6.57. The second-order valence-corrected chi connectivity index (χ2v) is 6.59. The third kappa shape index (κ3) is 5.03. The number of carbonyl (C=O) groups excluding carboxylic acids is 1. The van der Waals surface area contributed by atoms with Crippen molar-refractivity contribution in [2.45, 2.75) is 25.0 Å². The summed E-state index contributed by atoms with van der Waals surface area (Å²) in [6.07, 6.45) is 1.28. The molecular formula is C18H29N3O2. The quantitative estimate of drug-likeness (QED) is 0.856. The van der Waals surface area contributed by atoms with E-state index in [0.29, 0.717) is 18.2 Å². The molecule has 1 aliphatic rings. The van der Waals surface area contributed by atoms with E-state index < -0.39 is 6.10 Å². The minimum atomic E-state index is -1.07. The average molecular weight is 319 g/mol. The van der Waals surface area contributed by atoms with Gasteiger partial charge in [-0.1, -0.05) is 30.3 Å². The molecule has 128 valence electrons. The maximum absolute atomic E-state index is 12.3. The number of carbonyl (C=O) groups is 1. The summed E-state index contributed by atoms with van der Waals surface area (Å²) in [6.45, 7) is 3.73. The Labute approximate surface area is 139 Å². The van der Waals surface area contributed by atoms with E-state index in [-0.39, 0.29) is 5.91 Å². The minimum Gasteiger partial charge on any atom is -0.378 e. The summed E-state index contributed by atoms with van der Waals surface area (Å²) < 4.78 is 0. The Bertz CT molecular complexity index is 486. The number of benzene rings is 1. The van der Waals surface area contributed by atoms with Crippen LogP contribution in [0.3, 0.4) is 0 Å². The van der Waals surface area contributed by atoms with Crippen molar-refractivity contribution in [3.05, 3.63) is 35.9 Å². The summed E-state index contributed by atoms with van der Waals surface area (Å²) in [7, 11) is 6.05. The van der Waals surface area contributed by atoms with Gasteiger partial charge >= 0.3 is 0 Å². The van der Waals surface area contributed by atoms with Crippen LogP contribution in [-0.4, -0.2) is 79.1 Å². The highest BCUT2D eigenvalue weighted by Crippen LogP contribution is 2.16. The monoisotopic (exact) mass is 319 g/mol. The summed E-state index contributed by atoms with van der Waals surface area (Å²) in [6, 6.07) is 9.69. The number of likely N-dealkylation sites (N-methyl/N-ethyl adjacent to an activating group) is 2. The van der Waals surface area contributed by atoms with Crippen LogP contribution < -0.4 is 0 Å². The molecule has 0 aliphatic carbocycles. The molecule has 1 heterocycles. The van der Waals surface area contributed by atoms with Gasteiger partial charge in [0.05, 0.1) is 0 Å². The van der Waals surface area contributed by atoms with Crippen molar-refractivity contribution in [2.75, 3.05) is 47.3 Å². The van der Waals surface area contributed by atoms with E-state index in [0.717, 1.165) is 19.6 Å². The number of rotatable bonds is 6. The van der Waals surface area contributed by atoms with Gasteiger partial charge in [0.15, 0.2) is 6.10 Å². The molecule has 1 atom stereocenters. The van der Waals surface area contributed by atoms with E-state index in [1.807, 2.05) is 18.2 Å². The lowest BCUT2D eigenvalue weighted by Gasteiger charge is -2.35. The molecule has 0 radical (unpaired) electrons. The van der Waals surface area contributed by atoms with Crippen LogP contribution in [0, 0.1) is 0 Å². The fourth-order valence-corrected chi connectivity index (χ4v) is 3.02. The van der Waals surface area contributed by atoms with Crippen LogP contribution in [0.25, 0.3) is 0 Å². The largest absolute Gasteiger partial charge is 0.378 e. The van der Waals surface area contributed by atoms with Crippen LogP contribution in [0.2, 0.25) is 0 Å². The lowest BCUT2D eigenvalue weighted by molar-refractivity contribution is -0.139. The number of aliphatic hydroxyl groups is 1. The van der Waals surface area contributed by atoms with Gasteiger partial charge < -0.3 is 19.8 Å². The number of amides is 1. The molecule has 1 amide bonds. The average Bonchev–Trinajstić information content (AvgIpc) is 2.59. The Morgan fingerprint density at radius 3 is 2.43 bits per heavy atom. The molecule has 1 N–H and O–H groups in total. The normalized spacial score (nSPS) is 18.1. The highest BCUT2D eigenvalue weighted by atomic mass is 16.3. The lowest BCUT2D eigenvalue weighted by atomic mass is 10.0. The lowest BCUT2D eigenvalue weighted by Crippen LogP contribution is -2.45. The van der Waals surface area contributed by atoms with Crippen LogP contribution >= 0.6 is 0 Å². The molecule has 0 spiro atoms. The first-order valence-electron chi connectivity index (χ1n) is 8.36. The number of likely N-dealkylation sites (tertiary alicyclic amines) is 1. The molecule has 0 bridgehead atoms. The number of piperidine rings is 1. The Morgan fingerprint density at radius 2 is 1.83 bits per heavy atom. The van der Waals surface area contributed by atoms with Gasteiger partial charge in [-0.2, -0.15) is 0 Å². The van der Waals surface area contributed by atoms with Crippen molar-refractivity contribution < 1.29 is 9.90 Å². The number of hydrogen-bond donors (Lipinski definition) is 1. The van der Waals surface area contributed by atoms with Gasteiger partial charge in [-0.3, -0.25) is 4.79 Å². The molecule has 1 aliphatic heterocycles. The second kappa shape index (κ2) is 8.43. The van der Waals surface area contributed by atoms with Crippen molar-refractivity contribution in [2.24, 2.45) is 0 Å². The van der Waals surface area contributed by atoms with Crippen LogP contribution in [0.15, 0.2) is 30.3 Å². The predicted molar refractivity (Wildman–Crippen MR) is 92.2 cm³/mol. The number of aliphatic hydroxyl groups excluding tert-OH is 1. The van der Waals surface area contributed by atoms with E-state index in [2.05, 4.69) is 23.9 Å². The van der Waals surface area contributed by atoms with E-state index in [1.165, 1.54) is 12.8 Å². The molecule has 0 aromatic heterocycles. The van der Waals surface area contributed by atoms with Crippen molar-refractivity contribution >= 4 is 5.91 Å². The van der Waals surface area contributed by atoms with Crippen molar-refractivity contribution in [3.8, 4) is 0 Å². The molecule has 2 rings (SSSR count). The number of hydrogen-bond acceptors (Lipinski definition) is 4. The van der Waals surface area contributed by atoms with Crippen LogP contribution in [0.4, 0.5) is 0 Å². The maximum atomic E-state index is 12.3. The zero-order chi connectivity index (χ0) is 16.8. The van der Waals surface area contributed by atoms with Crippen LogP contribution in [0.5, 0.6) is 0 Å². The number of nitrogens with zero attached hydrogens (tertiary/aromatic N) is 3. The minimum absolute atomic E-state index is 0.243. The van der Waals surface area contributed by atoms with Gasteiger partial charge in [0.2, 0.25) is 0 Å². The summed E-state index contributed by atoms with van der Waals surface area (Å²) in [5.41, 5.74) is 0.646. The fraction of sp³-hybridized carbons (Fsp3) is 0.611. The molecule has 1 aromatic rings. The Morgan fingerprint density at radius 1 is 1.22 bits per heavy atom. The van der Waals surface area contributed by atoms with E-state index in [9.17, 15) is 9.90 Å². The van der Waals surface area contributed by atoms with Gasteiger partial charge in [-0.15, -0.1) is 0 Å². The Balaban J connectivity index is 1.79. The molecule has 23 heavy (non-hydrogen) atoms. The van der Waals surface area contributed by atoms with Crippen LogP contribution in [0.1, 0.15) is 24.5 Å². The van der Waals surface area contributed by atoms with Gasteiger partial charge in [-0.25, -0.2) is 0 Å². The smallest absolute Gasteiger partial charge is 0.255 e. The third-order valence-corrected chi connectivity index (χ3v) is 4.82. The summed E-state index contributed by atoms with van der Waals surface area (Å²) in [5.74, 6) is -0.243. The zero-order valence-corrected chi connectivity index (χ0v) is 14.5. The van der Waals surface area contributed by atoms with Gasteiger partial charge in [0, 0.05) is 26.2 Å². The van der Waals surface area contributed by atoms with E-state index in [1.54, 1.807) is 24.1 Å². The standard InChI is InChI=1S/C18H29N3O2/c1-19-11-9-16(10-12-19)20(2)13-14-21(3)18(23)17(22)15-7-5-4-6-8-15/h4-8,16-17,22H,9-14H2,1-3H3. The first-order chi connectivity index (χ1) is 11.0. The SMILES string of the molecule is CN1CCC(N(C)CCN(C)C(=O)C(O)c2ccccc2)CC1. The van der Waals surface area contributed by atoms with E-state index in [4.69, 9.17) is 0 Å². The highest BCUT2D eigenvalue weighted by Gasteiger charge is 2.23. The first-order valence-corrected chi connectivity index (χ1v) is 8.36. The highest BCUT2D eigenvalue weighted by molar-refractivity contribution is 5.81. The summed E-state index contributed by atoms with van der Waals surface area (Å²) in [5, 5.41) is 10.2.